The third-order valence-electron chi connectivity index (χ3n) is 3.94. The van der Waals surface area contributed by atoms with Gasteiger partial charge in [-0.15, -0.1) is 0 Å². The highest BCUT2D eigenvalue weighted by atomic mass is 15.1. The second kappa shape index (κ2) is 4.37. The lowest BCUT2D eigenvalue weighted by Gasteiger charge is -2.25. The van der Waals surface area contributed by atoms with Crippen LogP contribution < -0.4 is 5.73 Å². The van der Waals surface area contributed by atoms with E-state index in [1.807, 2.05) is 0 Å². The summed E-state index contributed by atoms with van der Waals surface area (Å²) < 4.78 is 2.45. The maximum atomic E-state index is 5.94. The number of nitrogens with two attached hydrogens (primary N) is 1. The van der Waals surface area contributed by atoms with E-state index in [0.29, 0.717) is 6.54 Å². The lowest BCUT2D eigenvalue weighted by atomic mass is 9.86. The normalized spacial score (nSPS) is 16.8. The summed E-state index contributed by atoms with van der Waals surface area (Å²) in [4.78, 5) is 4.99. The molecule has 0 saturated heterocycles. The number of fused-ring (bicyclic) bond motifs is 1. The van der Waals surface area contributed by atoms with Gasteiger partial charge in [0.25, 0.3) is 0 Å². The van der Waals surface area contributed by atoms with Crippen LogP contribution in [-0.4, -0.2) is 16.1 Å². The first kappa shape index (κ1) is 13.6. The molecule has 18 heavy (non-hydrogen) atoms. The van der Waals surface area contributed by atoms with Crippen molar-refractivity contribution in [2.45, 2.75) is 71.3 Å². The van der Waals surface area contributed by atoms with E-state index in [1.54, 1.807) is 0 Å². The number of imidazole rings is 1. The molecule has 3 nitrogen and oxygen atoms in total. The summed E-state index contributed by atoms with van der Waals surface area (Å²) in [6.07, 6.45) is 3.71. The Bertz CT molecular complexity index is 435. The predicted molar refractivity (Wildman–Crippen MR) is 75.9 cm³/mol. The minimum Gasteiger partial charge on any atom is -0.331 e. The molecule has 3 heteroatoms. The van der Waals surface area contributed by atoms with E-state index in [0.717, 1.165) is 13.0 Å². The molecular formula is C15H27N3. The standard InChI is InChI=1S/C15H27N3/c1-14(2,3)13-17-12(15(4,5)10-16)11-8-6-7-9-18(11)13/h6-10,16H2,1-5H3. The van der Waals surface area contributed by atoms with Gasteiger partial charge in [-0.1, -0.05) is 34.6 Å². The molecule has 0 fully saturated rings. The Morgan fingerprint density at radius 3 is 2.39 bits per heavy atom. The molecule has 0 spiro atoms. The lowest BCUT2D eigenvalue weighted by molar-refractivity contribution is 0.451. The first-order valence-electron chi connectivity index (χ1n) is 7.08. The third kappa shape index (κ3) is 2.20. The highest BCUT2D eigenvalue weighted by Gasteiger charge is 2.33. The molecule has 0 aromatic carbocycles. The molecule has 1 aliphatic heterocycles. The van der Waals surface area contributed by atoms with Crippen LogP contribution in [0.5, 0.6) is 0 Å². The third-order valence-corrected chi connectivity index (χ3v) is 3.94. The van der Waals surface area contributed by atoms with Gasteiger partial charge in [0.2, 0.25) is 0 Å². The molecule has 0 amide bonds. The van der Waals surface area contributed by atoms with Crippen molar-refractivity contribution in [2.24, 2.45) is 5.73 Å². The Labute approximate surface area is 111 Å². The number of nitrogens with zero attached hydrogens (tertiary/aromatic N) is 2. The van der Waals surface area contributed by atoms with Crippen LogP contribution in [0.3, 0.4) is 0 Å². The molecule has 0 unspecified atom stereocenters. The van der Waals surface area contributed by atoms with Gasteiger partial charge in [-0.05, 0) is 19.3 Å². The second-order valence-corrected chi connectivity index (χ2v) is 7.18. The van der Waals surface area contributed by atoms with Crippen molar-refractivity contribution in [3.63, 3.8) is 0 Å². The van der Waals surface area contributed by atoms with E-state index >= 15 is 0 Å². The zero-order valence-electron chi connectivity index (χ0n) is 12.5. The van der Waals surface area contributed by atoms with Crippen LogP contribution in [0.1, 0.15) is 64.7 Å². The molecule has 0 saturated carbocycles. The van der Waals surface area contributed by atoms with E-state index in [2.05, 4.69) is 39.2 Å². The molecule has 0 atom stereocenters. The Morgan fingerprint density at radius 1 is 1.17 bits per heavy atom. The second-order valence-electron chi connectivity index (χ2n) is 7.18. The monoisotopic (exact) mass is 249 g/mol. The number of aromatic nitrogens is 2. The number of rotatable bonds is 2. The minimum atomic E-state index is -0.0159. The largest absolute Gasteiger partial charge is 0.331 e. The zero-order valence-corrected chi connectivity index (χ0v) is 12.5. The quantitative estimate of drug-likeness (QED) is 0.876. The first-order chi connectivity index (χ1) is 8.27. The fourth-order valence-corrected chi connectivity index (χ4v) is 2.75. The Balaban J connectivity index is 2.59. The van der Waals surface area contributed by atoms with Crippen LogP contribution in [0.25, 0.3) is 0 Å². The first-order valence-corrected chi connectivity index (χ1v) is 7.08. The van der Waals surface area contributed by atoms with Crippen molar-refractivity contribution in [1.82, 2.24) is 9.55 Å². The van der Waals surface area contributed by atoms with Gasteiger partial charge in [0, 0.05) is 29.6 Å². The van der Waals surface area contributed by atoms with Gasteiger partial charge < -0.3 is 10.3 Å². The molecule has 0 radical (unpaired) electrons. The summed E-state index contributed by atoms with van der Waals surface area (Å²) in [5.41, 5.74) is 8.69. The molecule has 0 bridgehead atoms. The molecule has 1 aliphatic rings. The number of hydrogen-bond donors (Lipinski definition) is 1. The van der Waals surface area contributed by atoms with Crippen LogP contribution in [-0.2, 0) is 23.8 Å². The number of hydrogen-bond acceptors (Lipinski definition) is 2. The zero-order chi connectivity index (χ0) is 13.6. The van der Waals surface area contributed by atoms with Crippen LogP contribution in [0, 0.1) is 0 Å². The van der Waals surface area contributed by atoms with Crippen LogP contribution in [0.15, 0.2) is 0 Å². The van der Waals surface area contributed by atoms with Gasteiger partial charge in [0.15, 0.2) is 0 Å². The molecule has 1 aromatic heterocycles. The fraction of sp³-hybridized carbons (Fsp3) is 0.800. The van der Waals surface area contributed by atoms with E-state index in [1.165, 1.54) is 30.1 Å². The smallest absolute Gasteiger partial charge is 0.114 e. The molecule has 1 aromatic rings. The van der Waals surface area contributed by atoms with Crippen molar-refractivity contribution in [2.75, 3.05) is 6.54 Å². The average molecular weight is 249 g/mol. The van der Waals surface area contributed by atoms with Crippen molar-refractivity contribution >= 4 is 0 Å². The van der Waals surface area contributed by atoms with E-state index in [4.69, 9.17) is 10.7 Å². The summed E-state index contributed by atoms with van der Waals surface area (Å²) in [5.74, 6) is 1.23. The predicted octanol–water partition coefficient (Wildman–Crippen LogP) is 2.75. The summed E-state index contributed by atoms with van der Waals surface area (Å²) in [7, 11) is 0. The maximum absolute atomic E-state index is 5.94. The fourth-order valence-electron chi connectivity index (χ4n) is 2.75. The van der Waals surface area contributed by atoms with Crippen molar-refractivity contribution in [1.29, 1.82) is 0 Å². The molecule has 2 N–H and O–H groups in total. The highest BCUT2D eigenvalue weighted by molar-refractivity contribution is 5.29. The summed E-state index contributed by atoms with van der Waals surface area (Å²) in [6.45, 7) is 12.9. The Morgan fingerprint density at radius 2 is 1.83 bits per heavy atom. The Kier molecular flexibility index (Phi) is 3.30. The topological polar surface area (TPSA) is 43.8 Å². The molecular weight excluding hydrogens is 222 g/mol. The minimum absolute atomic E-state index is 0.0159. The van der Waals surface area contributed by atoms with Crippen molar-refractivity contribution in [3.05, 3.63) is 17.2 Å². The SMILES string of the molecule is CC(C)(C)c1nc(C(C)(C)CN)c2n1CCCC2. The molecule has 102 valence electrons. The lowest BCUT2D eigenvalue weighted by Crippen LogP contribution is -2.30. The van der Waals surface area contributed by atoms with Crippen LogP contribution in [0.4, 0.5) is 0 Å². The van der Waals surface area contributed by atoms with E-state index in [9.17, 15) is 0 Å². The summed E-state index contributed by atoms with van der Waals surface area (Å²) in [6, 6.07) is 0. The van der Waals surface area contributed by atoms with E-state index in [-0.39, 0.29) is 10.8 Å². The average Bonchev–Trinajstić information content (AvgIpc) is 2.68. The van der Waals surface area contributed by atoms with Gasteiger partial charge in [0.05, 0.1) is 5.69 Å². The van der Waals surface area contributed by atoms with Gasteiger partial charge in [-0.2, -0.15) is 0 Å². The van der Waals surface area contributed by atoms with Crippen LogP contribution in [0.2, 0.25) is 0 Å². The van der Waals surface area contributed by atoms with Gasteiger partial charge in [0.1, 0.15) is 5.82 Å². The van der Waals surface area contributed by atoms with Gasteiger partial charge in [-0.3, -0.25) is 0 Å². The summed E-state index contributed by atoms with van der Waals surface area (Å²) in [5, 5.41) is 0. The Hall–Kier alpha value is -0.830. The highest BCUT2D eigenvalue weighted by Crippen LogP contribution is 2.33. The molecule has 2 rings (SSSR count). The van der Waals surface area contributed by atoms with Crippen LogP contribution >= 0.6 is 0 Å². The maximum Gasteiger partial charge on any atom is 0.114 e. The summed E-state index contributed by atoms with van der Waals surface area (Å²) >= 11 is 0. The van der Waals surface area contributed by atoms with E-state index < -0.39 is 0 Å². The molecule has 0 aliphatic carbocycles. The molecule has 2 heterocycles. The van der Waals surface area contributed by atoms with Crippen molar-refractivity contribution < 1.29 is 0 Å². The van der Waals surface area contributed by atoms with Gasteiger partial charge in [-0.25, -0.2) is 4.98 Å². The van der Waals surface area contributed by atoms with Crippen molar-refractivity contribution in [3.8, 4) is 0 Å². The van der Waals surface area contributed by atoms with Gasteiger partial charge >= 0.3 is 0 Å².